The highest BCUT2D eigenvalue weighted by molar-refractivity contribution is 6.30. The Morgan fingerprint density at radius 3 is 1.02 bits per heavy atom. The van der Waals surface area contributed by atoms with Crippen LogP contribution in [0.15, 0.2) is 188 Å². The van der Waals surface area contributed by atoms with E-state index in [4.69, 9.17) is 0 Å². The molecule has 3 heteroatoms. The molecule has 6 atom stereocenters. The molecule has 0 saturated heterocycles. The highest BCUT2D eigenvalue weighted by Gasteiger charge is 2.61. The number of hydrogen-bond donors (Lipinski definition) is 0. The predicted molar refractivity (Wildman–Crippen MR) is 349 cm³/mol. The van der Waals surface area contributed by atoms with Crippen molar-refractivity contribution in [3.05, 3.63) is 205 Å². The van der Waals surface area contributed by atoms with Crippen LogP contribution in [-0.2, 0) is 0 Å². The van der Waals surface area contributed by atoms with Gasteiger partial charge < -0.3 is 14.7 Å². The molecule has 0 N–H and O–H groups in total. The molecule has 0 aromatic heterocycles. The summed E-state index contributed by atoms with van der Waals surface area (Å²) in [5, 5.41) is 8.07. The van der Waals surface area contributed by atoms with Crippen molar-refractivity contribution >= 4 is 66.4 Å². The summed E-state index contributed by atoms with van der Waals surface area (Å²) in [7, 11) is 0. The Morgan fingerprint density at radius 2 is 0.646 bits per heavy atom. The predicted octanol–water partition coefficient (Wildman–Crippen LogP) is 22.2. The van der Waals surface area contributed by atoms with Gasteiger partial charge in [0, 0.05) is 51.9 Å². The Balaban J connectivity index is 0.924. The van der Waals surface area contributed by atoms with Crippen LogP contribution in [0.25, 0.3) is 65.7 Å². The fraction of sp³-hybridized carbons (Fsp3) is 0.342. The van der Waals surface area contributed by atoms with Crippen LogP contribution >= 0.6 is 0 Å². The first-order chi connectivity index (χ1) is 39.5. The lowest BCUT2D eigenvalue weighted by atomic mass is 9.58. The van der Waals surface area contributed by atoms with Gasteiger partial charge in [-0.3, -0.25) is 0 Å². The molecule has 0 amide bonds. The number of anilines is 6. The van der Waals surface area contributed by atoms with E-state index in [1.54, 1.807) is 0 Å². The molecule has 410 valence electrons. The van der Waals surface area contributed by atoms with E-state index in [0.717, 1.165) is 0 Å². The first-order valence-electron chi connectivity index (χ1n) is 31.3. The van der Waals surface area contributed by atoms with Gasteiger partial charge in [0.2, 0.25) is 0 Å². The minimum absolute atomic E-state index is 0.0462. The molecular formula is C79H79N3. The van der Waals surface area contributed by atoms with Gasteiger partial charge in [-0.1, -0.05) is 170 Å². The van der Waals surface area contributed by atoms with Gasteiger partial charge in [0.25, 0.3) is 0 Å². The van der Waals surface area contributed by atoms with E-state index in [1.807, 2.05) is 0 Å². The van der Waals surface area contributed by atoms with E-state index in [0.29, 0.717) is 17.8 Å². The normalized spacial score (nSPS) is 26.4. The van der Waals surface area contributed by atoms with Crippen LogP contribution < -0.4 is 14.7 Å². The van der Waals surface area contributed by atoms with Crippen LogP contribution in [0.1, 0.15) is 155 Å². The highest BCUT2D eigenvalue weighted by atomic mass is 15.3. The van der Waals surface area contributed by atoms with Crippen LogP contribution in [0.5, 0.6) is 0 Å². The lowest BCUT2D eigenvalue weighted by Crippen LogP contribution is -2.56. The third-order valence-corrected chi connectivity index (χ3v) is 24.1. The van der Waals surface area contributed by atoms with Gasteiger partial charge >= 0.3 is 0 Å². The van der Waals surface area contributed by atoms with Crippen LogP contribution in [0.3, 0.4) is 0 Å². The molecule has 6 aliphatic rings. The molecule has 6 unspecified atom stereocenters. The van der Waals surface area contributed by atoms with E-state index < -0.39 is 0 Å². The van der Waals surface area contributed by atoms with Crippen LogP contribution in [0.2, 0.25) is 0 Å². The van der Waals surface area contributed by atoms with Crippen molar-refractivity contribution in [3.63, 3.8) is 0 Å². The summed E-state index contributed by atoms with van der Waals surface area (Å²) >= 11 is 0. The molecule has 3 heterocycles. The third-order valence-electron chi connectivity index (χ3n) is 24.1. The second kappa shape index (κ2) is 17.4. The summed E-state index contributed by atoms with van der Waals surface area (Å²) in [5.74, 6) is 1.26. The lowest BCUT2D eigenvalue weighted by Gasteiger charge is -2.55. The first kappa shape index (κ1) is 50.4. The van der Waals surface area contributed by atoms with Crippen molar-refractivity contribution in [2.24, 2.45) is 16.2 Å². The lowest BCUT2D eigenvalue weighted by molar-refractivity contribution is 0.101. The van der Waals surface area contributed by atoms with Gasteiger partial charge in [0.1, 0.15) is 0 Å². The molecule has 0 spiro atoms. The second-order valence-electron chi connectivity index (χ2n) is 28.6. The zero-order valence-electron chi connectivity index (χ0n) is 49.8. The zero-order chi connectivity index (χ0) is 55.9. The van der Waals surface area contributed by atoms with Crippen LogP contribution in [-0.4, -0.2) is 16.6 Å². The van der Waals surface area contributed by atoms with E-state index in [1.165, 1.54) is 174 Å². The zero-order valence-corrected chi connectivity index (χ0v) is 49.8. The van der Waals surface area contributed by atoms with Gasteiger partial charge in [-0.25, -0.2) is 0 Å². The standard InChI is InChI=1S/C79H79N3/c1-74(2)43-19-28-66-63-46-51(33-40-69(63)80(77(66,74)7)54-22-13-10-14-23-54)57-36-31-50-32-37-59-61(52-34-41-70-64(47-52)67-29-20-44-75(3,4)78(67,8)81(70)55-24-15-11-16-25-55)49-62(60-39-38-58(57)72(50)73(59)60)53-35-42-71-65(48-53)68-30-21-45-76(5,6)79(68,9)82(71)56-26-17-12-18-27-56/h10-18,22-27,31-42,46-49,66-68H,19-21,28-30,43-45H2,1-9H3. The maximum Gasteiger partial charge on any atom is 0.0543 e. The summed E-state index contributed by atoms with van der Waals surface area (Å²) in [6, 6.07) is 73.9. The third kappa shape index (κ3) is 6.55. The number of para-hydroxylation sites is 3. The number of benzene rings is 10. The number of fused-ring (bicyclic) bond motifs is 9. The van der Waals surface area contributed by atoms with Gasteiger partial charge in [-0.15, -0.1) is 0 Å². The molecular weight excluding hydrogens is 991 g/mol. The smallest absolute Gasteiger partial charge is 0.0543 e. The molecule has 16 rings (SSSR count). The van der Waals surface area contributed by atoms with Crippen molar-refractivity contribution in [3.8, 4) is 33.4 Å². The fourth-order valence-electron chi connectivity index (χ4n) is 19.0. The largest absolute Gasteiger partial charge is 0.334 e. The summed E-state index contributed by atoms with van der Waals surface area (Å²) in [6.07, 6.45) is 11.0. The van der Waals surface area contributed by atoms with E-state index in [2.05, 4.69) is 265 Å². The first-order valence-corrected chi connectivity index (χ1v) is 31.3. The SMILES string of the molecule is CC1(C)CCCC2c3cc(-c4ccc5ccc6c(-c7ccc8c(c7)C7CCCC(C)(C)C7(C)N8c7ccccc7)cc(-c7ccc8c(c7)C7CCCC(C)(C)C7(C)N8c7ccccc7)c7ccc4c5c67)ccc3N(c3ccccc3)C21C. The number of rotatable bonds is 6. The highest BCUT2D eigenvalue weighted by Crippen LogP contribution is 2.67. The summed E-state index contributed by atoms with van der Waals surface area (Å²) in [6.45, 7) is 22.9. The minimum Gasteiger partial charge on any atom is -0.334 e. The molecule has 10 aromatic carbocycles. The summed E-state index contributed by atoms with van der Waals surface area (Å²) < 4.78 is 0. The minimum atomic E-state index is -0.0682. The van der Waals surface area contributed by atoms with Crippen molar-refractivity contribution in [1.29, 1.82) is 0 Å². The second-order valence-corrected chi connectivity index (χ2v) is 28.6. The quantitative estimate of drug-likeness (QED) is 0.154. The monoisotopic (exact) mass is 1070 g/mol. The molecule has 3 aliphatic carbocycles. The Kier molecular flexibility index (Phi) is 10.7. The van der Waals surface area contributed by atoms with Gasteiger partial charge in [0.05, 0.1) is 16.6 Å². The number of nitrogens with zero attached hydrogens (tertiary/aromatic N) is 3. The Bertz CT molecular complexity index is 4060. The van der Waals surface area contributed by atoms with Crippen molar-refractivity contribution in [1.82, 2.24) is 0 Å². The van der Waals surface area contributed by atoms with Gasteiger partial charge in [-0.05, 0) is 237 Å². The molecule has 3 nitrogen and oxygen atoms in total. The summed E-state index contributed by atoms with van der Waals surface area (Å²) in [4.78, 5) is 8.21. The van der Waals surface area contributed by atoms with E-state index in [-0.39, 0.29) is 32.9 Å². The maximum atomic E-state index is 2.74. The molecule has 3 saturated carbocycles. The average Bonchev–Trinajstić information content (AvgIpc) is 1.71. The Morgan fingerprint density at radius 1 is 0.317 bits per heavy atom. The van der Waals surface area contributed by atoms with Crippen LogP contribution in [0.4, 0.5) is 34.1 Å². The van der Waals surface area contributed by atoms with Crippen molar-refractivity contribution in [2.45, 2.75) is 154 Å². The Hall–Kier alpha value is -7.36. The van der Waals surface area contributed by atoms with Crippen LogP contribution in [0, 0.1) is 16.2 Å². The topological polar surface area (TPSA) is 9.72 Å². The van der Waals surface area contributed by atoms with Crippen molar-refractivity contribution in [2.75, 3.05) is 14.7 Å². The molecule has 82 heavy (non-hydrogen) atoms. The molecule has 0 bridgehead atoms. The number of hydrogen-bond acceptors (Lipinski definition) is 3. The van der Waals surface area contributed by atoms with E-state index >= 15 is 0 Å². The van der Waals surface area contributed by atoms with E-state index in [9.17, 15) is 0 Å². The van der Waals surface area contributed by atoms with Gasteiger partial charge in [-0.2, -0.15) is 0 Å². The molecule has 0 radical (unpaired) electrons. The molecule has 10 aromatic rings. The fourth-order valence-corrected chi connectivity index (χ4v) is 19.0. The van der Waals surface area contributed by atoms with Gasteiger partial charge in [0.15, 0.2) is 0 Å². The maximum absolute atomic E-state index is 2.74. The van der Waals surface area contributed by atoms with Crippen molar-refractivity contribution < 1.29 is 0 Å². The summed E-state index contributed by atoms with van der Waals surface area (Å²) in [5.41, 5.74) is 20.6. The molecule has 3 aliphatic heterocycles. The Labute approximate surface area is 487 Å². The molecule has 3 fully saturated rings. The average molecular weight is 1070 g/mol.